The average molecular weight is 454 g/mol. The second kappa shape index (κ2) is 10.5. The lowest BCUT2D eigenvalue weighted by Gasteiger charge is -2.26. The molecule has 0 aliphatic carbocycles. The normalized spacial score (nSPS) is 17.5. The molecule has 0 aromatic heterocycles. The van der Waals surface area contributed by atoms with Crippen LogP contribution in [-0.2, 0) is 14.3 Å². The second-order valence-corrected chi connectivity index (χ2v) is 8.01. The Kier molecular flexibility index (Phi) is 7.76. The molecule has 1 saturated heterocycles. The molecule has 1 fully saturated rings. The fourth-order valence-corrected chi connectivity index (χ4v) is 4.32. The molecular weight excluding hydrogens is 422 g/mol. The first-order chi connectivity index (χ1) is 15.8. The Labute approximate surface area is 194 Å². The van der Waals surface area contributed by atoms with Gasteiger partial charge in [0.1, 0.15) is 17.3 Å². The van der Waals surface area contributed by atoms with Crippen molar-refractivity contribution in [3.05, 3.63) is 64.2 Å². The molecule has 1 aliphatic heterocycles. The van der Waals surface area contributed by atoms with Crippen LogP contribution in [0.15, 0.2) is 42.0 Å². The molecule has 0 bridgehead atoms. The average Bonchev–Trinajstić information content (AvgIpc) is 3.04. The number of amides is 1. The lowest BCUT2D eigenvalue weighted by Crippen LogP contribution is -2.31. The summed E-state index contributed by atoms with van der Waals surface area (Å²) < 4.78 is 16.3. The van der Waals surface area contributed by atoms with Crippen molar-refractivity contribution in [2.75, 3.05) is 34.0 Å². The summed E-state index contributed by atoms with van der Waals surface area (Å²) in [4.78, 5) is 27.8. The zero-order chi connectivity index (χ0) is 24.1. The third-order valence-electron chi connectivity index (χ3n) is 5.65. The Bertz CT molecular complexity index is 1070. The number of hydrogen-bond acceptors (Lipinski definition) is 6. The highest BCUT2D eigenvalue weighted by Crippen LogP contribution is 2.42. The van der Waals surface area contributed by atoms with E-state index in [1.807, 2.05) is 45.0 Å². The van der Waals surface area contributed by atoms with Gasteiger partial charge >= 0.3 is 0 Å². The molecule has 1 amide bonds. The van der Waals surface area contributed by atoms with E-state index in [2.05, 4.69) is 0 Å². The number of likely N-dealkylation sites (tertiary alicyclic amines) is 1. The molecule has 176 valence electrons. The number of carbonyl (C=O) groups excluding carboxylic acids is 2. The van der Waals surface area contributed by atoms with Crippen molar-refractivity contribution >= 4 is 17.4 Å². The van der Waals surface area contributed by atoms with Crippen LogP contribution in [0.25, 0.3) is 5.76 Å². The summed E-state index contributed by atoms with van der Waals surface area (Å²) in [5.74, 6) is -0.536. The number of carbonyl (C=O) groups is 2. The van der Waals surface area contributed by atoms with E-state index in [4.69, 9.17) is 14.2 Å². The molecule has 7 heteroatoms. The highest BCUT2D eigenvalue weighted by molar-refractivity contribution is 6.46. The summed E-state index contributed by atoms with van der Waals surface area (Å²) in [6, 6.07) is 10.2. The van der Waals surface area contributed by atoms with Crippen LogP contribution in [-0.4, -0.2) is 55.7 Å². The van der Waals surface area contributed by atoms with Gasteiger partial charge in [-0.1, -0.05) is 18.2 Å². The Morgan fingerprint density at radius 3 is 2.55 bits per heavy atom. The topological polar surface area (TPSA) is 85.3 Å². The van der Waals surface area contributed by atoms with Crippen LogP contribution in [0.2, 0.25) is 0 Å². The maximum Gasteiger partial charge on any atom is 0.295 e. The molecule has 1 heterocycles. The van der Waals surface area contributed by atoms with Crippen LogP contribution < -0.4 is 9.47 Å². The van der Waals surface area contributed by atoms with Crippen LogP contribution in [0.4, 0.5) is 0 Å². The van der Waals surface area contributed by atoms with Gasteiger partial charge in [-0.05, 0) is 62.1 Å². The molecule has 1 atom stereocenters. The summed E-state index contributed by atoms with van der Waals surface area (Å²) in [6.07, 6.45) is 0.554. The number of aliphatic hydroxyl groups is 1. The van der Waals surface area contributed by atoms with Gasteiger partial charge in [-0.25, -0.2) is 0 Å². The van der Waals surface area contributed by atoms with Gasteiger partial charge in [0.05, 0.1) is 30.9 Å². The maximum absolute atomic E-state index is 13.2. The smallest absolute Gasteiger partial charge is 0.295 e. The molecule has 3 rings (SSSR count). The fourth-order valence-electron chi connectivity index (χ4n) is 4.32. The monoisotopic (exact) mass is 453 g/mol. The molecule has 1 N–H and O–H groups in total. The van der Waals surface area contributed by atoms with Gasteiger partial charge in [-0.3, -0.25) is 9.59 Å². The molecule has 7 nitrogen and oxygen atoms in total. The Morgan fingerprint density at radius 2 is 1.88 bits per heavy atom. The van der Waals surface area contributed by atoms with Gasteiger partial charge in [0.25, 0.3) is 11.7 Å². The molecule has 0 radical (unpaired) electrons. The lowest BCUT2D eigenvalue weighted by molar-refractivity contribution is -0.140. The number of benzene rings is 2. The van der Waals surface area contributed by atoms with Gasteiger partial charge in [-0.2, -0.15) is 0 Å². The van der Waals surface area contributed by atoms with Crippen molar-refractivity contribution in [2.24, 2.45) is 0 Å². The third-order valence-corrected chi connectivity index (χ3v) is 5.65. The lowest BCUT2D eigenvalue weighted by atomic mass is 9.93. The van der Waals surface area contributed by atoms with E-state index >= 15 is 0 Å². The summed E-state index contributed by atoms with van der Waals surface area (Å²) >= 11 is 0. The Morgan fingerprint density at radius 1 is 1.12 bits per heavy atom. The van der Waals surface area contributed by atoms with Gasteiger partial charge in [0.15, 0.2) is 0 Å². The van der Waals surface area contributed by atoms with E-state index in [1.54, 1.807) is 19.2 Å². The number of nitrogens with zero attached hydrogens (tertiary/aromatic N) is 1. The highest BCUT2D eigenvalue weighted by atomic mass is 16.5. The molecule has 2 aromatic rings. The van der Waals surface area contributed by atoms with Crippen molar-refractivity contribution in [3.8, 4) is 11.5 Å². The Balaban J connectivity index is 2.22. The first-order valence-electron chi connectivity index (χ1n) is 11.0. The molecule has 0 saturated carbocycles. The van der Waals surface area contributed by atoms with E-state index in [0.29, 0.717) is 48.8 Å². The number of ketones is 1. The standard InChI is InChI=1S/C26H31NO6/c1-6-33-19-10-7-9-18(15-19)22-21(24(29)26(30)27(22)11-8-12-31-4)23(28)20-14-16(2)13-17(3)25(20)32-5/h7,9-10,13-15,22,28H,6,8,11-12H2,1-5H3/b23-21+. The first kappa shape index (κ1) is 24.3. The van der Waals surface area contributed by atoms with Crippen LogP contribution >= 0.6 is 0 Å². The van der Waals surface area contributed by atoms with Gasteiger partial charge in [-0.15, -0.1) is 0 Å². The van der Waals surface area contributed by atoms with Gasteiger partial charge in [0, 0.05) is 20.3 Å². The van der Waals surface area contributed by atoms with Crippen molar-refractivity contribution < 1.29 is 28.9 Å². The second-order valence-electron chi connectivity index (χ2n) is 8.01. The van der Waals surface area contributed by atoms with Crippen LogP contribution in [0.5, 0.6) is 11.5 Å². The van der Waals surface area contributed by atoms with Gasteiger partial charge < -0.3 is 24.2 Å². The van der Waals surface area contributed by atoms with E-state index in [-0.39, 0.29) is 11.3 Å². The predicted molar refractivity (Wildman–Crippen MR) is 126 cm³/mol. The Hall–Kier alpha value is -3.32. The van der Waals surface area contributed by atoms with E-state index in [0.717, 1.165) is 11.1 Å². The van der Waals surface area contributed by atoms with Crippen molar-refractivity contribution in [2.45, 2.75) is 33.2 Å². The minimum Gasteiger partial charge on any atom is -0.507 e. The number of rotatable bonds is 9. The minimum atomic E-state index is -0.757. The van der Waals surface area contributed by atoms with Crippen molar-refractivity contribution in [1.29, 1.82) is 0 Å². The number of aliphatic hydroxyl groups excluding tert-OH is 1. The van der Waals surface area contributed by atoms with Gasteiger partial charge in [0.2, 0.25) is 0 Å². The molecule has 1 unspecified atom stereocenters. The quantitative estimate of drug-likeness (QED) is 0.266. The molecule has 0 spiro atoms. The molecule has 2 aromatic carbocycles. The van der Waals surface area contributed by atoms with E-state index in [9.17, 15) is 14.7 Å². The van der Waals surface area contributed by atoms with Crippen LogP contribution in [0.1, 0.15) is 41.6 Å². The first-order valence-corrected chi connectivity index (χ1v) is 11.0. The van der Waals surface area contributed by atoms with Crippen molar-refractivity contribution in [1.82, 2.24) is 4.90 Å². The van der Waals surface area contributed by atoms with Crippen molar-refractivity contribution in [3.63, 3.8) is 0 Å². The summed E-state index contributed by atoms with van der Waals surface area (Å²) in [5, 5.41) is 11.4. The zero-order valence-corrected chi connectivity index (χ0v) is 19.8. The summed E-state index contributed by atoms with van der Waals surface area (Å²) in [7, 11) is 3.10. The summed E-state index contributed by atoms with van der Waals surface area (Å²) in [6.45, 7) is 6.89. The largest absolute Gasteiger partial charge is 0.507 e. The number of methoxy groups -OCH3 is 2. The van der Waals surface area contributed by atoms with E-state index < -0.39 is 17.7 Å². The number of ether oxygens (including phenoxy) is 3. The molecule has 33 heavy (non-hydrogen) atoms. The number of Topliss-reactive ketones (excluding diaryl/α,β-unsaturated/α-hetero) is 1. The number of hydrogen-bond donors (Lipinski definition) is 1. The highest BCUT2D eigenvalue weighted by Gasteiger charge is 2.46. The molecule has 1 aliphatic rings. The SMILES string of the molecule is CCOc1cccc(C2/C(=C(\O)c3cc(C)cc(C)c3OC)C(=O)C(=O)N2CCCOC)c1. The minimum absolute atomic E-state index is 0.0364. The van der Waals surface area contributed by atoms with Crippen LogP contribution in [0.3, 0.4) is 0 Å². The third kappa shape index (κ3) is 4.88. The van der Waals surface area contributed by atoms with Crippen LogP contribution in [0, 0.1) is 13.8 Å². The molecular formula is C26H31NO6. The maximum atomic E-state index is 13.2. The van der Waals surface area contributed by atoms with E-state index in [1.165, 1.54) is 12.0 Å². The number of aryl methyl sites for hydroxylation is 2. The zero-order valence-electron chi connectivity index (χ0n) is 19.8. The predicted octanol–water partition coefficient (Wildman–Crippen LogP) is 4.17. The summed E-state index contributed by atoms with van der Waals surface area (Å²) in [5.41, 5.74) is 2.83. The fraction of sp³-hybridized carbons (Fsp3) is 0.385.